The Morgan fingerprint density at radius 2 is 2.24 bits per heavy atom. The Kier molecular flexibility index (Phi) is 3.97. The average Bonchev–Trinajstić information content (AvgIpc) is 2.64. The second-order valence-corrected chi connectivity index (χ2v) is 7.33. The molecule has 3 nitrogen and oxygen atoms in total. The molecule has 5 heteroatoms. The third kappa shape index (κ3) is 2.69. The number of nitrogens with one attached hydrogen (secondary N) is 2. The summed E-state index contributed by atoms with van der Waals surface area (Å²) in [6.07, 6.45) is 4.46. The summed E-state index contributed by atoms with van der Waals surface area (Å²) < 4.78 is 3.94. The predicted octanol–water partition coefficient (Wildman–Crippen LogP) is 4.92. The lowest BCUT2D eigenvalue weighted by atomic mass is 9.90. The van der Waals surface area contributed by atoms with Crippen molar-refractivity contribution in [2.24, 2.45) is 5.92 Å². The van der Waals surface area contributed by atoms with Crippen molar-refractivity contribution in [2.45, 2.75) is 39.7 Å². The van der Waals surface area contributed by atoms with Gasteiger partial charge in [0.2, 0.25) is 0 Å². The second-order valence-electron chi connectivity index (χ2n) is 6.09. The highest BCUT2D eigenvalue weighted by Crippen LogP contribution is 2.33. The van der Waals surface area contributed by atoms with E-state index in [1.54, 1.807) is 0 Å². The molecule has 0 fully saturated rings. The zero-order chi connectivity index (χ0) is 15.1. The lowest BCUT2D eigenvalue weighted by Crippen LogP contribution is -2.31. The van der Waals surface area contributed by atoms with Gasteiger partial charge in [-0.25, -0.2) is 4.68 Å². The number of imidazole rings is 1. The predicted molar refractivity (Wildman–Crippen MR) is 94.9 cm³/mol. The third-order valence-electron chi connectivity index (χ3n) is 4.23. The number of H-pyrrole nitrogens is 1. The van der Waals surface area contributed by atoms with Gasteiger partial charge in [0.1, 0.15) is 0 Å². The Balaban J connectivity index is 2.12. The van der Waals surface area contributed by atoms with Crippen LogP contribution >= 0.6 is 28.1 Å². The van der Waals surface area contributed by atoms with Crippen LogP contribution in [0.4, 0.5) is 0 Å². The first-order chi connectivity index (χ1) is 9.97. The largest absolute Gasteiger partial charge is 0.329 e. The molecule has 2 aromatic rings. The van der Waals surface area contributed by atoms with Crippen LogP contribution < -0.4 is 5.43 Å². The standard InChI is InChI=1S/C16H20BrN3S/c1-9(2)4-5-11-8-12-13(17)6-7-14-15(12)20(16(21)18-14)19-10(11)3/h4,6-7,10-11,19H,5,8H2,1-3H3,(H,18,21)/t10-,11?/m0/s1. The van der Waals surface area contributed by atoms with E-state index in [4.69, 9.17) is 12.2 Å². The zero-order valence-electron chi connectivity index (χ0n) is 12.5. The number of hydrogen-bond acceptors (Lipinski definition) is 2. The summed E-state index contributed by atoms with van der Waals surface area (Å²) in [6, 6.07) is 4.56. The molecule has 0 bridgehead atoms. The maximum absolute atomic E-state index is 5.46. The molecule has 0 amide bonds. The van der Waals surface area contributed by atoms with Crippen molar-refractivity contribution in [1.82, 2.24) is 9.66 Å². The number of aromatic nitrogens is 2. The van der Waals surface area contributed by atoms with Crippen LogP contribution in [-0.2, 0) is 6.42 Å². The Bertz CT molecular complexity index is 768. The molecule has 2 N–H and O–H groups in total. The first kappa shape index (κ1) is 14.9. The molecule has 3 rings (SSSR count). The summed E-state index contributed by atoms with van der Waals surface area (Å²) in [5, 5.41) is 0. The van der Waals surface area contributed by atoms with Gasteiger partial charge in [-0.1, -0.05) is 27.6 Å². The Hall–Kier alpha value is -1.07. The van der Waals surface area contributed by atoms with Gasteiger partial charge in [0.05, 0.1) is 11.0 Å². The summed E-state index contributed by atoms with van der Waals surface area (Å²) in [5.41, 5.74) is 8.56. The van der Waals surface area contributed by atoms with E-state index < -0.39 is 0 Å². The van der Waals surface area contributed by atoms with Gasteiger partial charge in [-0.3, -0.25) is 0 Å². The van der Waals surface area contributed by atoms with Crippen molar-refractivity contribution in [1.29, 1.82) is 0 Å². The molecule has 0 saturated heterocycles. The highest BCUT2D eigenvalue weighted by Gasteiger charge is 2.25. The van der Waals surface area contributed by atoms with E-state index in [-0.39, 0.29) is 0 Å². The fourth-order valence-electron chi connectivity index (χ4n) is 2.98. The molecule has 2 atom stereocenters. The second kappa shape index (κ2) is 5.61. The SMILES string of the molecule is CC(C)=CCC1Cc2c(Br)ccc3[nH]c(=S)n(c23)N[C@H]1C. The molecule has 0 aliphatic carbocycles. The molecule has 1 aliphatic rings. The van der Waals surface area contributed by atoms with Crippen LogP contribution in [0, 0.1) is 10.7 Å². The lowest BCUT2D eigenvalue weighted by molar-refractivity contribution is 0.452. The number of nitrogens with zero attached hydrogens (tertiary/aromatic N) is 1. The Morgan fingerprint density at radius 1 is 1.48 bits per heavy atom. The van der Waals surface area contributed by atoms with E-state index in [1.165, 1.54) is 16.7 Å². The van der Waals surface area contributed by atoms with Crippen LogP contribution in [0.2, 0.25) is 0 Å². The third-order valence-corrected chi connectivity index (χ3v) is 5.26. The monoisotopic (exact) mass is 365 g/mol. The van der Waals surface area contributed by atoms with Gasteiger partial charge in [0.25, 0.3) is 0 Å². The molecular formula is C16H20BrN3S. The smallest absolute Gasteiger partial charge is 0.197 e. The summed E-state index contributed by atoms with van der Waals surface area (Å²) in [4.78, 5) is 3.28. The maximum Gasteiger partial charge on any atom is 0.197 e. The van der Waals surface area contributed by atoms with Crippen molar-refractivity contribution >= 4 is 39.2 Å². The number of benzene rings is 1. The van der Waals surface area contributed by atoms with E-state index in [0.717, 1.165) is 27.6 Å². The molecule has 21 heavy (non-hydrogen) atoms. The highest BCUT2D eigenvalue weighted by molar-refractivity contribution is 9.10. The summed E-state index contributed by atoms with van der Waals surface area (Å²) in [7, 11) is 0. The number of allylic oxidation sites excluding steroid dienone is 2. The minimum absolute atomic E-state index is 0.366. The first-order valence-corrected chi connectivity index (χ1v) is 8.49. The minimum atomic E-state index is 0.366. The molecule has 1 unspecified atom stereocenters. The summed E-state index contributed by atoms with van der Waals surface area (Å²) >= 11 is 9.18. The van der Waals surface area contributed by atoms with Crippen molar-refractivity contribution in [3.63, 3.8) is 0 Å². The van der Waals surface area contributed by atoms with Gasteiger partial charge in [0.15, 0.2) is 4.77 Å². The average molecular weight is 366 g/mol. The van der Waals surface area contributed by atoms with Crippen molar-refractivity contribution in [3.05, 3.63) is 38.6 Å². The minimum Gasteiger partial charge on any atom is -0.329 e. The molecule has 1 aromatic carbocycles. The molecule has 2 heterocycles. The fourth-order valence-corrected chi connectivity index (χ4v) is 3.72. The Labute approximate surface area is 138 Å². The first-order valence-electron chi connectivity index (χ1n) is 7.29. The topological polar surface area (TPSA) is 32.8 Å². The van der Waals surface area contributed by atoms with Gasteiger partial charge in [-0.15, -0.1) is 0 Å². The van der Waals surface area contributed by atoms with Gasteiger partial charge < -0.3 is 10.4 Å². The molecule has 1 aliphatic heterocycles. The van der Waals surface area contributed by atoms with Crippen LogP contribution in [0.25, 0.3) is 11.0 Å². The Morgan fingerprint density at radius 3 is 2.95 bits per heavy atom. The van der Waals surface area contributed by atoms with E-state index in [9.17, 15) is 0 Å². The highest BCUT2D eigenvalue weighted by atomic mass is 79.9. The lowest BCUT2D eigenvalue weighted by Gasteiger charge is -2.22. The van der Waals surface area contributed by atoms with Gasteiger partial charge >= 0.3 is 0 Å². The van der Waals surface area contributed by atoms with Gasteiger partial charge in [-0.2, -0.15) is 0 Å². The van der Waals surface area contributed by atoms with Gasteiger partial charge in [0, 0.05) is 10.5 Å². The summed E-state index contributed by atoms with van der Waals surface area (Å²) in [6.45, 7) is 6.56. The molecule has 0 saturated carbocycles. The van der Waals surface area contributed by atoms with E-state index >= 15 is 0 Å². The molecule has 0 spiro atoms. The number of hydrogen-bond donors (Lipinski definition) is 2. The molecule has 0 radical (unpaired) electrons. The van der Waals surface area contributed by atoms with Crippen LogP contribution in [0.15, 0.2) is 28.3 Å². The quantitative estimate of drug-likeness (QED) is 0.584. The number of aromatic amines is 1. The van der Waals surface area contributed by atoms with Gasteiger partial charge in [-0.05, 0) is 69.4 Å². The zero-order valence-corrected chi connectivity index (χ0v) is 14.9. The van der Waals surface area contributed by atoms with Crippen molar-refractivity contribution in [3.8, 4) is 0 Å². The maximum atomic E-state index is 5.46. The van der Waals surface area contributed by atoms with E-state index in [2.05, 4.69) is 65.3 Å². The molecule has 1 aromatic heterocycles. The normalized spacial score (nSPS) is 21.0. The van der Waals surface area contributed by atoms with Crippen LogP contribution in [-0.4, -0.2) is 15.7 Å². The number of rotatable bonds is 2. The summed E-state index contributed by atoms with van der Waals surface area (Å²) in [5.74, 6) is 0.552. The van der Waals surface area contributed by atoms with E-state index in [1.807, 2.05) is 4.68 Å². The molecular weight excluding hydrogens is 346 g/mol. The fraction of sp³-hybridized carbons (Fsp3) is 0.438. The van der Waals surface area contributed by atoms with Crippen LogP contribution in [0.5, 0.6) is 0 Å². The molecule has 112 valence electrons. The number of halogens is 1. The van der Waals surface area contributed by atoms with Crippen LogP contribution in [0.3, 0.4) is 0 Å². The van der Waals surface area contributed by atoms with Crippen molar-refractivity contribution in [2.75, 3.05) is 5.43 Å². The van der Waals surface area contributed by atoms with Crippen LogP contribution in [0.1, 0.15) is 32.8 Å². The van der Waals surface area contributed by atoms with E-state index in [0.29, 0.717) is 12.0 Å². The van der Waals surface area contributed by atoms with Crippen molar-refractivity contribution < 1.29 is 0 Å².